The standard InChI is InChI=1S/C8H12N2O/c9-8-4-6-2-1-3-10-5-7(6)11-8/h4,10H,1-3,5,9H2. The van der Waals surface area contributed by atoms with E-state index in [1.54, 1.807) is 0 Å². The Hall–Kier alpha value is -0.960. The molecule has 0 saturated carbocycles. The van der Waals surface area contributed by atoms with E-state index in [1.807, 2.05) is 6.07 Å². The Morgan fingerprint density at radius 3 is 3.36 bits per heavy atom. The van der Waals surface area contributed by atoms with Gasteiger partial charge in [0.2, 0.25) is 0 Å². The summed E-state index contributed by atoms with van der Waals surface area (Å²) in [6.07, 6.45) is 2.26. The van der Waals surface area contributed by atoms with Crippen LogP contribution in [-0.2, 0) is 13.0 Å². The number of furan rings is 1. The van der Waals surface area contributed by atoms with Crippen molar-refractivity contribution in [3.8, 4) is 0 Å². The number of anilines is 1. The summed E-state index contributed by atoms with van der Waals surface area (Å²) >= 11 is 0. The summed E-state index contributed by atoms with van der Waals surface area (Å²) < 4.78 is 5.30. The van der Waals surface area contributed by atoms with E-state index < -0.39 is 0 Å². The van der Waals surface area contributed by atoms with Crippen LogP contribution in [0.4, 0.5) is 5.88 Å². The summed E-state index contributed by atoms with van der Waals surface area (Å²) in [6.45, 7) is 1.90. The first-order chi connectivity index (χ1) is 5.36. The molecule has 1 aliphatic rings. The normalized spacial score (nSPS) is 17.5. The van der Waals surface area contributed by atoms with E-state index in [2.05, 4.69) is 5.32 Å². The highest BCUT2D eigenvalue weighted by atomic mass is 16.4. The molecule has 2 heterocycles. The Kier molecular flexibility index (Phi) is 1.58. The molecule has 1 aliphatic heterocycles. The third-order valence-corrected chi connectivity index (χ3v) is 2.00. The van der Waals surface area contributed by atoms with Gasteiger partial charge in [0.25, 0.3) is 0 Å². The van der Waals surface area contributed by atoms with Crippen LogP contribution >= 0.6 is 0 Å². The van der Waals surface area contributed by atoms with Crippen LogP contribution in [0.15, 0.2) is 10.5 Å². The molecule has 1 aromatic heterocycles. The summed E-state index contributed by atoms with van der Waals surface area (Å²) in [4.78, 5) is 0. The third-order valence-electron chi connectivity index (χ3n) is 2.00. The van der Waals surface area contributed by atoms with Gasteiger partial charge < -0.3 is 15.5 Å². The SMILES string of the molecule is Nc1cc2c(o1)CNCCC2. The largest absolute Gasteiger partial charge is 0.444 e. The Bertz CT molecular complexity index is 231. The number of rotatable bonds is 0. The maximum Gasteiger partial charge on any atom is 0.190 e. The Morgan fingerprint density at radius 2 is 2.45 bits per heavy atom. The zero-order valence-electron chi connectivity index (χ0n) is 6.39. The van der Waals surface area contributed by atoms with E-state index in [1.165, 1.54) is 12.0 Å². The smallest absolute Gasteiger partial charge is 0.190 e. The molecule has 0 spiro atoms. The zero-order valence-corrected chi connectivity index (χ0v) is 6.39. The van der Waals surface area contributed by atoms with Crippen molar-refractivity contribution in [1.29, 1.82) is 0 Å². The molecule has 0 aromatic carbocycles. The molecule has 0 atom stereocenters. The fourth-order valence-corrected chi connectivity index (χ4v) is 1.46. The van der Waals surface area contributed by atoms with Crippen LogP contribution in [-0.4, -0.2) is 6.54 Å². The van der Waals surface area contributed by atoms with E-state index in [9.17, 15) is 0 Å². The van der Waals surface area contributed by atoms with E-state index in [4.69, 9.17) is 10.2 Å². The molecule has 3 N–H and O–H groups in total. The predicted molar refractivity (Wildman–Crippen MR) is 43.1 cm³/mol. The van der Waals surface area contributed by atoms with Crippen LogP contribution in [0, 0.1) is 0 Å². The Labute approximate surface area is 65.6 Å². The second-order valence-corrected chi connectivity index (χ2v) is 2.88. The quantitative estimate of drug-likeness (QED) is 0.580. The Balaban J connectivity index is 2.32. The van der Waals surface area contributed by atoms with Crippen molar-refractivity contribution in [2.24, 2.45) is 0 Å². The lowest BCUT2D eigenvalue weighted by atomic mass is 10.1. The first kappa shape index (κ1) is 6.73. The number of aryl methyl sites for hydroxylation is 1. The fraction of sp³-hybridized carbons (Fsp3) is 0.500. The van der Waals surface area contributed by atoms with Crippen molar-refractivity contribution in [2.75, 3.05) is 12.3 Å². The molecule has 0 aliphatic carbocycles. The summed E-state index contributed by atoms with van der Waals surface area (Å²) in [5.74, 6) is 1.55. The van der Waals surface area contributed by atoms with Gasteiger partial charge in [-0.05, 0) is 24.9 Å². The first-order valence-electron chi connectivity index (χ1n) is 3.94. The maximum atomic E-state index is 5.51. The molecule has 1 aromatic rings. The fourth-order valence-electron chi connectivity index (χ4n) is 1.46. The summed E-state index contributed by atoms with van der Waals surface area (Å²) in [7, 11) is 0. The van der Waals surface area contributed by atoms with Crippen LogP contribution in [0.5, 0.6) is 0 Å². The molecule has 60 valence electrons. The predicted octanol–water partition coefficient (Wildman–Crippen LogP) is 0.898. The molecule has 0 radical (unpaired) electrons. The number of nitrogen functional groups attached to an aromatic ring is 1. The van der Waals surface area contributed by atoms with E-state index >= 15 is 0 Å². The highest BCUT2D eigenvalue weighted by molar-refractivity contribution is 5.34. The molecular formula is C8H12N2O. The van der Waals surface area contributed by atoms with Crippen molar-refractivity contribution < 1.29 is 4.42 Å². The van der Waals surface area contributed by atoms with Crippen LogP contribution < -0.4 is 11.1 Å². The number of hydrogen-bond acceptors (Lipinski definition) is 3. The van der Waals surface area contributed by atoms with Crippen LogP contribution in [0.1, 0.15) is 17.7 Å². The van der Waals surface area contributed by atoms with Gasteiger partial charge >= 0.3 is 0 Å². The van der Waals surface area contributed by atoms with Crippen molar-refractivity contribution in [2.45, 2.75) is 19.4 Å². The zero-order chi connectivity index (χ0) is 7.68. The molecule has 3 heteroatoms. The van der Waals surface area contributed by atoms with Crippen molar-refractivity contribution in [3.05, 3.63) is 17.4 Å². The second kappa shape index (κ2) is 2.58. The number of nitrogens with one attached hydrogen (secondary N) is 1. The lowest BCUT2D eigenvalue weighted by molar-refractivity contribution is 0.503. The molecule has 3 nitrogen and oxygen atoms in total. The van der Waals surface area contributed by atoms with Gasteiger partial charge in [0, 0.05) is 6.07 Å². The average Bonchev–Trinajstić information content (AvgIpc) is 2.17. The average molecular weight is 152 g/mol. The third kappa shape index (κ3) is 1.24. The Morgan fingerprint density at radius 1 is 1.55 bits per heavy atom. The van der Waals surface area contributed by atoms with Gasteiger partial charge in [-0.15, -0.1) is 0 Å². The molecule has 0 fully saturated rings. The topological polar surface area (TPSA) is 51.2 Å². The number of fused-ring (bicyclic) bond motifs is 1. The van der Waals surface area contributed by atoms with Crippen LogP contribution in [0.25, 0.3) is 0 Å². The van der Waals surface area contributed by atoms with Crippen LogP contribution in [0.2, 0.25) is 0 Å². The molecule has 2 rings (SSSR count). The van der Waals surface area contributed by atoms with E-state index in [0.717, 1.165) is 25.3 Å². The lowest BCUT2D eigenvalue weighted by Gasteiger charge is -1.94. The minimum absolute atomic E-state index is 0.540. The van der Waals surface area contributed by atoms with Crippen molar-refractivity contribution in [1.82, 2.24) is 5.32 Å². The van der Waals surface area contributed by atoms with E-state index in [0.29, 0.717) is 5.88 Å². The molecule has 0 amide bonds. The number of nitrogens with two attached hydrogens (primary N) is 1. The van der Waals surface area contributed by atoms with Gasteiger partial charge in [0.15, 0.2) is 5.88 Å². The van der Waals surface area contributed by atoms with Gasteiger partial charge in [-0.25, -0.2) is 0 Å². The molecule has 0 saturated heterocycles. The summed E-state index contributed by atoms with van der Waals surface area (Å²) in [6, 6.07) is 1.93. The lowest BCUT2D eigenvalue weighted by Crippen LogP contribution is -2.11. The summed E-state index contributed by atoms with van der Waals surface area (Å²) in [5, 5.41) is 3.27. The van der Waals surface area contributed by atoms with Gasteiger partial charge in [-0.1, -0.05) is 0 Å². The highest BCUT2D eigenvalue weighted by Gasteiger charge is 2.11. The molecule has 0 bridgehead atoms. The van der Waals surface area contributed by atoms with Crippen LogP contribution in [0.3, 0.4) is 0 Å². The minimum atomic E-state index is 0.540. The second-order valence-electron chi connectivity index (χ2n) is 2.88. The maximum absolute atomic E-state index is 5.51. The minimum Gasteiger partial charge on any atom is -0.444 e. The van der Waals surface area contributed by atoms with Crippen molar-refractivity contribution in [3.63, 3.8) is 0 Å². The molecular weight excluding hydrogens is 140 g/mol. The van der Waals surface area contributed by atoms with E-state index in [-0.39, 0.29) is 0 Å². The van der Waals surface area contributed by atoms with Gasteiger partial charge in [0.05, 0.1) is 6.54 Å². The molecule has 11 heavy (non-hydrogen) atoms. The van der Waals surface area contributed by atoms with Gasteiger partial charge in [-0.2, -0.15) is 0 Å². The highest BCUT2D eigenvalue weighted by Crippen LogP contribution is 2.20. The monoisotopic (exact) mass is 152 g/mol. The van der Waals surface area contributed by atoms with Gasteiger partial charge in [0.1, 0.15) is 5.76 Å². The first-order valence-corrected chi connectivity index (χ1v) is 3.94. The number of hydrogen-bond donors (Lipinski definition) is 2. The molecule has 0 unspecified atom stereocenters. The van der Waals surface area contributed by atoms with Crippen molar-refractivity contribution >= 4 is 5.88 Å². The summed E-state index contributed by atoms with van der Waals surface area (Å²) in [5.41, 5.74) is 6.79. The van der Waals surface area contributed by atoms with Gasteiger partial charge in [-0.3, -0.25) is 0 Å².